The van der Waals surface area contributed by atoms with Crippen molar-refractivity contribution < 1.29 is 18.4 Å². The van der Waals surface area contributed by atoms with E-state index >= 15 is 4.39 Å². The first-order valence-electron chi connectivity index (χ1n) is 11.4. The highest BCUT2D eigenvalue weighted by atomic mass is 32.1. The van der Waals surface area contributed by atoms with E-state index in [9.17, 15) is 14.0 Å². The van der Waals surface area contributed by atoms with Crippen LogP contribution < -0.4 is 5.32 Å². The van der Waals surface area contributed by atoms with Gasteiger partial charge in [0.15, 0.2) is 0 Å². The lowest BCUT2D eigenvalue weighted by Gasteiger charge is -2.34. The van der Waals surface area contributed by atoms with Gasteiger partial charge in [0.2, 0.25) is 11.8 Å². The van der Waals surface area contributed by atoms with Crippen molar-refractivity contribution in [1.29, 1.82) is 0 Å². The first-order valence-corrected chi connectivity index (χ1v) is 12.2. The van der Waals surface area contributed by atoms with Crippen LogP contribution in [0.5, 0.6) is 0 Å². The molecule has 1 N–H and O–H groups in total. The normalized spacial score (nSPS) is 24.8. The Labute approximate surface area is 198 Å². The molecule has 2 amide bonds. The number of likely N-dealkylation sites (tertiary alicyclic amines) is 1. The van der Waals surface area contributed by atoms with Crippen molar-refractivity contribution in [3.63, 3.8) is 0 Å². The van der Waals surface area contributed by atoms with Crippen molar-refractivity contribution in [2.45, 2.75) is 32.5 Å². The van der Waals surface area contributed by atoms with E-state index in [-0.39, 0.29) is 36.2 Å². The monoisotopic (exact) mass is 483 g/mol. The fourth-order valence-electron chi connectivity index (χ4n) is 5.03. The predicted molar refractivity (Wildman–Crippen MR) is 123 cm³/mol. The lowest BCUT2D eigenvalue weighted by atomic mass is 10.0. The van der Waals surface area contributed by atoms with Crippen molar-refractivity contribution in [2.75, 3.05) is 19.6 Å². The molecule has 0 radical (unpaired) electrons. The van der Waals surface area contributed by atoms with Crippen LogP contribution in [0.25, 0.3) is 21.5 Å². The number of hydrogen-bond donors (Lipinski definition) is 1. The van der Waals surface area contributed by atoms with Gasteiger partial charge in [0.25, 0.3) is 0 Å². The number of carbonyl (C=O) groups is 2. The number of amides is 2. The topological polar surface area (TPSA) is 78.4 Å². The Morgan fingerprint density at radius 1 is 1.12 bits per heavy atom. The standard InChI is InChI=1S/C24H23F2N5O2S/c1-12-8-27-2-3-30(12)10-18-15(4-13(25)5-19(18)26)21-22-20(28-11-29-21)6-14(34-22)9-31-23(32)16-7-17(16)24(31)33/h4-6,11-12,16-17,27H,2-3,7-10H2,1H3. The zero-order valence-electron chi connectivity index (χ0n) is 18.6. The van der Waals surface area contributed by atoms with Gasteiger partial charge in [-0.2, -0.15) is 0 Å². The number of hydrogen-bond acceptors (Lipinski definition) is 7. The third-order valence-electron chi connectivity index (χ3n) is 7.05. The maximum Gasteiger partial charge on any atom is 0.233 e. The van der Waals surface area contributed by atoms with Gasteiger partial charge in [-0.25, -0.2) is 18.7 Å². The van der Waals surface area contributed by atoms with Crippen LogP contribution in [0.1, 0.15) is 23.8 Å². The first-order chi connectivity index (χ1) is 16.4. The molecule has 176 valence electrons. The van der Waals surface area contributed by atoms with Crippen LogP contribution in [0, 0.1) is 23.5 Å². The summed E-state index contributed by atoms with van der Waals surface area (Å²) in [7, 11) is 0. The number of imide groups is 1. The fraction of sp³-hybridized carbons (Fsp3) is 0.417. The van der Waals surface area contributed by atoms with Crippen LogP contribution in [-0.2, 0) is 22.7 Å². The summed E-state index contributed by atoms with van der Waals surface area (Å²) in [4.78, 5) is 37.8. The van der Waals surface area contributed by atoms with Crippen molar-refractivity contribution >= 4 is 33.4 Å². The molecule has 1 saturated carbocycles. The smallest absolute Gasteiger partial charge is 0.233 e. The number of benzene rings is 1. The number of halogens is 2. The van der Waals surface area contributed by atoms with Crippen molar-refractivity contribution in [3.05, 3.63) is 46.6 Å². The Morgan fingerprint density at radius 2 is 1.91 bits per heavy atom. The van der Waals surface area contributed by atoms with E-state index in [1.165, 1.54) is 28.6 Å². The van der Waals surface area contributed by atoms with Crippen LogP contribution in [0.15, 0.2) is 24.5 Å². The minimum Gasteiger partial charge on any atom is -0.314 e. The number of carbonyl (C=O) groups excluding carboxylic acids is 2. The second-order valence-corrected chi connectivity index (χ2v) is 10.4. The molecule has 1 aliphatic carbocycles. The Balaban J connectivity index is 1.38. The van der Waals surface area contributed by atoms with Gasteiger partial charge in [0.1, 0.15) is 18.0 Å². The fourth-order valence-corrected chi connectivity index (χ4v) is 6.13. The molecule has 7 nitrogen and oxygen atoms in total. The molecule has 2 saturated heterocycles. The van der Waals surface area contributed by atoms with Crippen molar-refractivity contribution in [1.82, 2.24) is 25.1 Å². The molecule has 3 unspecified atom stereocenters. The van der Waals surface area contributed by atoms with E-state index < -0.39 is 11.6 Å². The number of nitrogens with one attached hydrogen (secondary N) is 1. The summed E-state index contributed by atoms with van der Waals surface area (Å²) in [6.07, 6.45) is 2.05. The molecule has 10 heteroatoms. The molecular formula is C24H23F2N5O2S. The lowest BCUT2D eigenvalue weighted by molar-refractivity contribution is -0.141. The SMILES string of the molecule is CC1CNCCN1Cc1c(F)cc(F)cc1-c1ncnc2cc(CN3C(=O)C4CC4C3=O)sc12. The summed E-state index contributed by atoms with van der Waals surface area (Å²) in [6, 6.07) is 4.28. The number of piperidine rings is 1. The first kappa shape index (κ1) is 21.7. The molecule has 3 atom stereocenters. The molecule has 1 aromatic carbocycles. The third-order valence-corrected chi connectivity index (χ3v) is 8.16. The number of aromatic nitrogens is 2. The average Bonchev–Trinajstić information content (AvgIpc) is 3.45. The van der Waals surface area contributed by atoms with Crippen molar-refractivity contribution in [2.24, 2.45) is 11.8 Å². The molecular weight excluding hydrogens is 460 g/mol. The number of rotatable bonds is 5. The van der Waals surface area contributed by atoms with Gasteiger partial charge in [0, 0.05) is 54.3 Å². The summed E-state index contributed by atoms with van der Waals surface area (Å²) in [5, 5.41) is 3.32. The average molecular weight is 484 g/mol. The van der Waals surface area contributed by atoms with Gasteiger partial charge in [0.05, 0.1) is 34.3 Å². The molecule has 34 heavy (non-hydrogen) atoms. The predicted octanol–water partition coefficient (Wildman–Crippen LogP) is 2.94. The van der Waals surface area contributed by atoms with E-state index in [0.29, 0.717) is 40.0 Å². The van der Waals surface area contributed by atoms with Gasteiger partial charge in [-0.15, -0.1) is 11.3 Å². The largest absolute Gasteiger partial charge is 0.314 e. The number of piperazine rings is 1. The molecule has 3 aromatic rings. The highest BCUT2D eigenvalue weighted by molar-refractivity contribution is 7.19. The van der Waals surface area contributed by atoms with Gasteiger partial charge >= 0.3 is 0 Å². The molecule has 4 heterocycles. The molecule has 6 rings (SSSR count). The minimum atomic E-state index is -0.666. The summed E-state index contributed by atoms with van der Waals surface area (Å²) in [5.74, 6) is -1.79. The third kappa shape index (κ3) is 3.60. The van der Waals surface area contributed by atoms with Gasteiger partial charge in [-0.1, -0.05) is 0 Å². The second kappa shape index (κ2) is 8.14. The lowest BCUT2D eigenvalue weighted by Crippen LogP contribution is -2.49. The molecule has 0 bridgehead atoms. The number of nitrogens with zero attached hydrogens (tertiary/aromatic N) is 4. The quantitative estimate of drug-likeness (QED) is 0.563. The Bertz CT molecular complexity index is 1310. The van der Waals surface area contributed by atoms with E-state index in [4.69, 9.17) is 0 Å². The molecule has 0 spiro atoms. The maximum atomic E-state index is 15.1. The highest BCUT2D eigenvalue weighted by Gasteiger charge is 2.58. The van der Waals surface area contributed by atoms with E-state index in [2.05, 4.69) is 27.1 Å². The van der Waals surface area contributed by atoms with Crippen molar-refractivity contribution in [3.8, 4) is 11.3 Å². The minimum absolute atomic E-state index is 0.113. The van der Waals surface area contributed by atoms with Crippen LogP contribution >= 0.6 is 11.3 Å². The number of thiophene rings is 1. The Kier molecular flexibility index (Phi) is 5.20. The highest BCUT2D eigenvalue weighted by Crippen LogP contribution is 2.48. The zero-order chi connectivity index (χ0) is 23.6. The summed E-state index contributed by atoms with van der Waals surface area (Å²) >= 11 is 1.35. The van der Waals surface area contributed by atoms with Gasteiger partial charge < -0.3 is 5.32 Å². The van der Waals surface area contributed by atoms with Crippen LogP contribution in [0.4, 0.5) is 8.78 Å². The molecule has 3 fully saturated rings. The van der Waals surface area contributed by atoms with Crippen LogP contribution in [0.2, 0.25) is 0 Å². The Morgan fingerprint density at radius 3 is 2.68 bits per heavy atom. The second-order valence-electron chi connectivity index (χ2n) is 9.30. The molecule has 2 aromatic heterocycles. The summed E-state index contributed by atoms with van der Waals surface area (Å²) in [5.41, 5.74) is 1.88. The van der Waals surface area contributed by atoms with E-state index in [0.717, 1.165) is 30.6 Å². The van der Waals surface area contributed by atoms with Gasteiger partial charge in [-0.05, 0) is 25.5 Å². The maximum absolute atomic E-state index is 15.1. The summed E-state index contributed by atoms with van der Waals surface area (Å²) in [6.45, 7) is 4.98. The number of fused-ring (bicyclic) bond motifs is 2. The van der Waals surface area contributed by atoms with E-state index in [1.54, 1.807) is 0 Å². The van der Waals surface area contributed by atoms with E-state index in [1.807, 2.05) is 6.07 Å². The molecule has 3 aliphatic rings. The summed E-state index contributed by atoms with van der Waals surface area (Å²) < 4.78 is 30.1. The van der Waals surface area contributed by atoms with Crippen LogP contribution in [-0.4, -0.2) is 57.3 Å². The zero-order valence-corrected chi connectivity index (χ0v) is 19.4. The molecule has 2 aliphatic heterocycles. The Hall–Kier alpha value is -2.82. The van der Waals surface area contributed by atoms with Crippen LogP contribution in [0.3, 0.4) is 0 Å². The van der Waals surface area contributed by atoms with Gasteiger partial charge in [-0.3, -0.25) is 19.4 Å².